The summed E-state index contributed by atoms with van der Waals surface area (Å²) in [5.74, 6) is -0.145. The highest BCUT2D eigenvalue weighted by Crippen LogP contribution is 2.21. The van der Waals surface area contributed by atoms with Gasteiger partial charge in [0.2, 0.25) is 5.91 Å². The van der Waals surface area contributed by atoms with E-state index in [2.05, 4.69) is 28.8 Å². The minimum Gasteiger partial charge on any atom is -0.341 e. The number of aromatic nitrogens is 1. The van der Waals surface area contributed by atoms with E-state index in [0.717, 1.165) is 17.4 Å². The van der Waals surface area contributed by atoms with Gasteiger partial charge in [0, 0.05) is 24.3 Å². The summed E-state index contributed by atoms with van der Waals surface area (Å²) in [5, 5.41) is 15.7. The predicted octanol–water partition coefficient (Wildman–Crippen LogP) is 1.53. The monoisotopic (exact) mass is 282 g/mol. The van der Waals surface area contributed by atoms with Gasteiger partial charge in [0.25, 0.3) is 0 Å². The van der Waals surface area contributed by atoms with Crippen LogP contribution in [-0.4, -0.2) is 23.1 Å². The number of amides is 1. The van der Waals surface area contributed by atoms with E-state index < -0.39 is 0 Å². The summed E-state index contributed by atoms with van der Waals surface area (Å²) in [5.41, 5.74) is 2.30. The molecule has 1 amide bonds. The topological polar surface area (TPSA) is 69.8 Å². The third kappa shape index (κ3) is 3.41. The van der Waals surface area contributed by atoms with E-state index in [-0.39, 0.29) is 19.0 Å². The molecular weight excluding hydrogens is 264 g/mol. The molecule has 0 spiro atoms. The van der Waals surface area contributed by atoms with Crippen molar-refractivity contribution in [2.75, 3.05) is 6.54 Å². The van der Waals surface area contributed by atoms with Crippen molar-refractivity contribution in [1.29, 1.82) is 5.26 Å². The Labute approximate surface area is 123 Å². The molecule has 1 heterocycles. The van der Waals surface area contributed by atoms with E-state index in [1.54, 1.807) is 0 Å². The van der Waals surface area contributed by atoms with Gasteiger partial charge >= 0.3 is 0 Å². The fourth-order valence-corrected chi connectivity index (χ4v) is 2.40. The quantitative estimate of drug-likeness (QED) is 0.789. The number of fused-ring (bicyclic) bond motifs is 1. The second-order valence-corrected chi connectivity index (χ2v) is 5.43. The molecule has 1 aromatic heterocycles. The van der Waals surface area contributed by atoms with Gasteiger partial charge in [0.05, 0.1) is 6.07 Å². The third-order valence-electron chi connectivity index (χ3n) is 3.69. The van der Waals surface area contributed by atoms with E-state index in [0.29, 0.717) is 6.04 Å². The van der Waals surface area contributed by atoms with E-state index in [1.807, 2.05) is 22.9 Å². The van der Waals surface area contributed by atoms with Crippen molar-refractivity contribution in [1.82, 2.24) is 15.2 Å². The maximum atomic E-state index is 11.7. The van der Waals surface area contributed by atoms with Gasteiger partial charge in [-0.2, -0.15) is 5.26 Å². The Morgan fingerprint density at radius 2 is 2.24 bits per heavy atom. The average molecular weight is 282 g/mol. The first-order valence-corrected chi connectivity index (χ1v) is 7.21. The molecule has 0 saturated heterocycles. The van der Waals surface area contributed by atoms with Crippen LogP contribution in [0.1, 0.15) is 18.4 Å². The lowest BCUT2D eigenvalue weighted by Gasteiger charge is -2.07. The molecule has 21 heavy (non-hydrogen) atoms. The van der Waals surface area contributed by atoms with Crippen molar-refractivity contribution in [2.45, 2.75) is 32.0 Å². The van der Waals surface area contributed by atoms with Crippen LogP contribution in [0.2, 0.25) is 0 Å². The lowest BCUT2D eigenvalue weighted by atomic mass is 10.1. The molecule has 108 valence electrons. The standard InChI is InChI=1S/C16H18N4O/c17-6-7-18-16(21)11-20-8-5-13-9-12(1-4-15(13)20)10-19-14-2-3-14/h1,4-5,8-9,14,19H,2-3,7,10-11H2,(H,18,21). The molecule has 1 aliphatic rings. The summed E-state index contributed by atoms with van der Waals surface area (Å²) in [6.07, 6.45) is 4.49. The van der Waals surface area contributed by atoms with Gasteiger partial charge in [-0.05, 0) is 42.0 Å². The van der Waals surface area contributed by atoms with Gasteiger partial charge in [-0.15, -0.1) is 0 Å². The molecule has 0 aliphatic heterocycles. The van der Waals surface area contributed by atoms with Crippen molar-refractivity contribution < 1.29 is 4.79 Å². The largest absolute Gasteiger partial charge is 0.341 e. The first-order valence-electron chi connectivity index (χ1n) is 7.21. The SMILES string of the molecule is N#CCNC(=O)Cn1ccc2cc(CNC3CC3)ccc21. The van der Waals surface area contributed by atoms with E-state index in [9.17, 15) is 4.79 Å². The molecule has 1 aromatic carbocycles. The Balaban J connectivity index is 1.69. The summed E-state index contributed by atoms with van der Waals surface area (Å²) >= 11 is 0. The summed E-state index contributed by atoms with van der Waals surface area (Å²) in [6, 6.07) is 10.9. The second kappa shape index (κ2) is 5.98. The minimum absolute atomic E-state index is 0.0506. The minimum atomic E-state index is -0.145. The zero-order valence-corrected chi connectivity index (χ0v) is 11.8. The highest BCUT2D eigenvalue weighted by molar-refractivity contribution is 5.83. The molecule has 1 fully saturated rings. The number of nitriles is 1. The number of rotatable bonds is 6. The van der Waals surface area contributed by atoms with Crippen molar-refractivity contribution in [3.05, 3.63) is 36.0 Å². The van der Waals surface area contributed by atoms with Gasteiger partial charge in [-0.1, -0.05) is 6.07 Å². The fraction of sp³-hybridized carbons (Fsp3) is 0.375. The Bertz CT molecular complexity index is 694. The summed E-state index contributed by atoms with van der Waals surface area (Å²) in [7, 11) is 0. The summed E-state index contributed by atoms with van der Waals surface area (Å²) < 4.78 is 1.90. The van der Waals surface area contributed by atoms with Crippen molar-refractivity contribution in [2.24, 2.45) is 0 Å². The number of nitrogens with one attached hydrogen (secondary N) is 2. The number of nitrogens with zero attached hydrogens (tertiary/aromatic N) is 2. The molecule has 2 aromatic rings. The Hall–Kier alpha value is -2.32. The molecule has 0 radical (unpaired) electrons. The van der Waals surface area contributed by atoms with Crippen LogP contribution >= 0.6 is 0 Å². The Morgan fingerprint density at radius 3 is 3.00 bits per heavy atom. The van der Waals surface area contributed by atoms with Crippen LogP contribution in [0, 0.1) is 11.3 Å². The van der Waals surface area contributed by atoms with Gasteiger partial charge in [0.1, 0.15) is 13.1 Å². The number of carbonyl (C=O) groups is 1. The third-order valence-corrected chi connectivity index (χ3v) is 3.69. The Kier molecular flexibility index (Phi) is 3.89. The number of hydrogen-bond acceptors (Lipinski definition) is 3. The van der Waals surface area contributed by atoms with Crippen molar-refractivity contribution in [3.8, 4) is 6.07 Å². The second-order valence-electron chi connectivity index (χ2n) is 5.43. The number of hydrogen-bond donors (Lipinski definition) is 2. The summed E-state index contributed by atoms with van der Waals surface area (Å²) in [6.45, 7) is 1.19. The van der Waals surface area contributed by atoms with E-state index in [4.69, 9.17) is 5.26 Å². The lowest BCUT2D eigenvalue weighted by Crippen LogP contribution is -2.27. The van der Waals surface area contributed by atoms with E-state index in [1.165, 1.54) is 18.4 Å². The molecule has 5 nitrogen and oxygen atoms in total. The van der Waals surface area contributed by atoms with Gasteiger partial charge in [-0.3, -0.25) is 4.79 Å². The highest BCUT2D eigenvalue weighted by atomic mass is 16.1. The normalized spacial score (nSPS) is 14.0. The average Bonchev–Trinajstić information content (AvgIpc) is 3.25. The van der Waals surface area contributed by atoms with Crippen LogP contribution in [0.15, 0.2) is 30.5 Å². The van der Waals surface area contributed by atoms with Crippen LogP contribution in [0.3, 0.4) is 0 Å². The maximum absolute atomic E-state index is 11.7. The molecule has 3 rings (SSSR count). The van der Waals surface area contributed by atoms with Crippen molar-refractivity contribution >= 4 is 16.8 Å². The fourth-order valence-electron chi connectivity index (χ4n) is 2.40. The predicted molar refractivity (Wildman–Crippen MR) is 80.4 cm³/mol. The smallest absolute Gasteiger partial charge is 0.240 e. The van der Waals surface area contributed by atoms with Crippen LogP contribution in [0.4, 0.5) is 0 Å². The highest BCUT2D eigenvalue weighted by Gasteiger charge is 2.19. The first-order chi connectivity index (χ1) is 10.3. The summed E-state index contributed by atoms with van der Waals surface area (Å²) in [4.78, 5) is 11.7. The van der Waals surface area contributed by atoms with Crippen LogP contribution < -0.4 is 10.6 Å². The molecular formula is C16H18N4O. The number of carbonyl (C=O) groups excluding carboxylic acids is 1. The van der Waals surface area contributed by atoms with Crippen LogP contribution in [0.25, 0.3) is 10.9 Å². The lowest BCUT2D eigenvalue weighted by molar-refractivity contribution is -0.121. The molecule has 1 saturated carbocycles. The molecule has 0 atom stereocenters. The van der Waals surface area contributed by atoms with Gasteiger partial charge in [-0.25, -0.2) is 0 Å². The van der Waals surface area contributed by atoms with Crippen LogP contribution in [0.5, 0.6) is 0 Å². The zero-order valence-electron chi connectivity index (χ0n) is 11.8. The first kappa shape index (κ1) is 13.7. The van der Waals surface area contributed by atoms with Crippen molar-refractivity contribution in [3.63, 3.8) is 0 Å². The zero-order chi connectivity index (χ0) is 14.7. The molecule has 0 unspecified atom stereocenters. The maximum Gasteiger partial charge on any atom is 0.240 e. The van der Waals surface area contributed by atoms with E-state index >= 15 is 0 Å². The van der Waals surface area contributed by atoms with Crippen LogP contribution in [-0.2, 0) is 17.9 Å². The van der Waals surface area contributed by atoms with Gasteiger partial charge in [0.15, 0.2) is 0 Å². The number of benzene rings is 1. The molecule has 1 aliphatic carbocycles. The van der Waals surface area contributed by atoms with Gasteiger partial charge < -0.3 is 15.2 Å². The molecule has 0 bridgehead atoms. The molecule has 2 N–H and O–H groups in total. The molecule has 5 heteroatoms. The Morgan fingerprint density at radius 1 is 1.38 bits per heavy atom.